The number of carbonyl (C=O) groups excluding carboxylic acids is 1. The summed E-state index contributed by atoms with van der Waals surface area (Å²) in [6.45, 7) is 3.47. The van der Waals surface area contributed by atoms with E-state index < -0.39 is 0 Å². The van der Waals surface area contributed by atoms with Crippen molar-refractivity contribution in [3.05, 3.63) is 71.3 Å². The third-order valence-electron chi connectivity index (χ3n) is 5.07. The fourth-order valence-electron chi connectivity index (χ4n) is 3.30. The third kappa shape index (κ3) is 4.81. The molecule has 0 spiro atoms. The minimum absolute atomic E-state index is 0.172. The molecule has 2 aromatic heterocycles. The van der Waals surface area contributed by atoms with E-state index in [-0.39, 0.29) is 11.2 Å². The van der Waals surface area contributed by atoms with Crippen molar-refractivity contribution in [2.24, 2.45) is 0 Å². The molecule has 1 amide bonds. The summed E-state index contributed by atoms with van der Waals surface area (Å²) in [6, 6.07) is 14.5. The van der Waals surface area contributed by atoms with Gasteiger partial charge in [0.1, 0.15) is 0 Å². The van der Waals surface area contributed by atoms with Crippen molar-refractivity contribution >= 4 is 45.9 Å². The highest BCUT2D eigenvalue weighted by Crippen LogP contribution is 2.22. The second-order valence-corrected chi connectivity index (χ2v) is 7.73. The molecule has 0 unspecified atom stereocenters. The van der Waals surface area contributed by atoms with E-state index >= 15 is 0 Å². The molecular weight excluding hydrogens is 426 g/mol. The number of carbonyl (C=O) groups is 1. The smallest absolute Gasteiger partial charge is 0.255 e. The number of fused-ring (bicyclic) bond motifs is 1. The number of nitrogens with zero attached hydrogens (tertiary/aromatic N) is 4. The summed E-state index contributed by atoms with van der Waals surface area (Å²) < 4.78 is 1.99. The van der Waals surface area contributed by atoms with Crippen molar-refractivity contribution in [2.45, 2.75) is 32.9 Å². The van der Waals surface area contributed by atoms with Gasteiger partial charge >= 0.3 is 0 Å². The number of benzene rings is 2. The number of hydrogen-bond donors (Lipinski definition) is 3. The number of anilines is 3. The lowest BCUT2D eigenvalue weighted by Gasteiger charge is -2.10. The van der Waals surface area contributed by atoms with Crippen LogP contribution in [0.15, 0.2) is 54.9 Å². The van der Waals surface area contributed by atoms with Crippen molar-refractivity contribution in [3.8, 4) is 0 Å². The van der Waals surface area contributed by atoms with E-state index in [1.807, 2.05) is 28.8 Å². The van der Waals surface area contributed by atoms with Gasteiger partial charge in [-0.3, -0.25) is 4.79 Å². The number of unbranched alkanes of at least 4 members (excludes halogenated alkanes) is 1. The van der Waals surface area contributed by atoms with Crippen LogP contribution >= 0.6 is 11.6 Å². The zero-order chi connectivity index (χ0) is 22.5. The van der Waals surface area contributed by atoms with Gasteiger partial charge in [-0.1, -0.05) is 37.6 Å². The number of rotatable bonds is 8. The van der Waals surface area contributed by atoms with Crippen LogP contribution in [-0.2, 0) is 13.1 Å². The molecule has 0 aliphatic rings. The van der Waals surface area contributed by atoms with Crippen molar-refractivity contribution < 1.29 is 4.79 Å². The number of hydrogen-bond acceptors (Lipinski definition) is 6. The van der Waals surface area contributed by atoms with Gasteiger partial charge in [-0.25, -0.2) is 4.98 Å². The first-order valence-corrected chi connectivity index (χ1v) is 10.8. The predicted octanol–water partition coefficient (Wildman–Crippen LogP) is 4.73. The van der Waals surface area contributed by atoms with E-state index in [0.29, 0.717) is 40.5 Å². The Bertz CT molecular complexity index is 1240. The molecule has 4 N–H and O–H groups in total. The highest BCUT2D eigenvalue weighted by Gasteiger charge is 2.13. The van der Waals surface area contributed by atoms with Crippen LogP contribution in [0.25, 0.3) is 11.2 Å². The topological polar surface area (TPSA) is 111 Å². The summed E-state index contributed by atoms with van der Waals surface area (Å²) in [7, 11) is 0. The molecule has 0 atom stereocenters. The molecule has 2 heterocycles. The van der Waals surface area contributed by atoms with Crippen LogP contribution in [0.1, 0.15) is 35.7 Å². The highest BCUT2D eigenvalue weighted by molar-refractivity contribution is 6.28. The SMILES string of the molecule is CCCCn1cnc2c(NCc3ccc(C(=O)Nc4ccccc4N)cc3)nc(Cl)nc21. The van der Waals surface area contributed by atoms with E-state index in [2.05, 4.69) is 32.5 Å². The normalized spacial score (nSPS) is 10.9. The van der Waals surface area contributed by atoms with Gasteiger partial charge in [0, 0.05) is 18.7 Å². The molecular formula is C23H24ClN7O. The lowest BCUT2D eigenvalue weighted by atomic mass is 10.1. The lowest BCUT2D eigenvalue weighted by molar-refractivity contribution is 0.102. The number of amides is 1. The fourth-order valence-corrected chi connectivity index (χ4v) is 3.46. The molecule has 0 aliphatic carbocycles. The number of nitrogens with one attached hydrogen (secondary N) is 2. The first-order chi connectivity index (χ1) is 15.5. The van der Waals surface area contributed by atoms with Crippen LogP contribution in [0.2, 0.25) is 5.28 Å². The van der Waals surface area contributed by atoms with Gasteiger partial charge in [0.2, 0.25) is 5.28 Å². The summed E-state index contributed by atoms with van der Waals surface area (Å²) in [5.74, 6) is 0.362. The molecule has 0 saturated carbocycles. The number of para-hydroxylation sites is 2. The number of nitrogen functional groups attached to an aromatic ring is 1. The monoisotopic (exact) mass is 449 g/mol. The van der Waals surface area contributed by atoms with Gasteiger partial charge in [0.15, 0.2) is 17.0 Å². The van der Waals surface area contributed by atoms with E-state index in [9.17, 15) is 4.79 Å². The third-order valence-corrected chi connectivity index (χ3v) is 5.24. The first-order valence-electron chi connectivity index (χ1n) is 10.4. The van der Waals surface area contributed by atoms with E-state index in [4.69, 9.17) is 17.3 Å². The number of imidazole rings is 1. The summed E-state index contributed by atoms with van der Waals surface area (Å²) in [6.07, 6.45) is 3.88. The quantitative estimate of drug-likeness (QED) is 0.265. The molecule has 164 valence electrons. The van der Waals surface area contributed by atoms with Crippen LogP contribution in [0, 0.1) is 0 Å². The van der Waals surface area contributed by atoms with E-state index in [0.717, 1.165) is 24.9 Å². The van der Waals surface area contributed by atoms with Crippen LogP contribution in [0.3, 0.4) is 0 Å². The van der Waals surface area contributed by atoms with Crippen molar-refractivity contribution in [1.29, 1.82) is 0 Å². The van der Waals surface area contributed by atoms with Crippen molar-refractivity contribution in [3.63, 3.8) is 0 Å². The Balaban J connectivity index is 1.44. The predicted molar refractivity (Wildman–Crippen MR) is 128 cm³/mol. The van der Waals surface area contributed by atoms with Crippen LogP contribution in [0.4, 0.5) is 17.2 Å². The number of aryl methyl sites for hydroxylation is 1. The molecule has 0 radical (unpaired) electrons. The molecule has 0 bridgehead atoms. The standard InChI is InChI=1S/C23H24ClN7O/c1-2-3-12-31-14-27-19-20(29-23(24)30-21(19)31)26-13-15-8-10-16(11-9-15)22(32)28-18-7-5-4-6-17(18)25/h4-11,14H,2-3,12-13,25H2,1H3,(H,28,32)(H,26,29,30). The largest absolute Gasteiger partial charge is 0.397 e. The molecule has 0 aliphatic heterocycles. The fraction of sp³-hybridized carbons (Fsp3) is 0.217. The summed E-state index contributed by atoms with van der Waals surface area (Å²) in [5, 5.41) is 6.28. The number of halogens is 1. The maximum Gasteiger partial charge on any atom is 0.255 e. The summed E-state index contributed by atoms with van der Waals surface area (Å²) in [4.78, 5) is 25.6. The molecule has 2 aromatic carbocycles. The Morgan fingerprint density at radius 1 is 1.12 bits per heavy atom. The van der Waals surface area contributed by atoms with Gasteiger partial charge in [0.25, 0.3) is 5.91 Å². The zero-order valence-electron chi connectivity index (χ0n) is 17.7. The van der Waals surface area contributed by atoms with Gasteiger partial charge < -0.3 is 20.9 Å². The number of nitrogens with two attached hydrogens (primary N) is 1. The maximum absolute atomic E-state index is 12.5. The molecule has 4 aromatic rings. The van der Waals surface area contributed by atoms with E-state index in [1.165, 1.54) is 0 Å². The minimum atomic E-state index is -0.218. The first kappa shape index (κ1) is 21.6. The minimum Gasteiger partial charge on any atom is -0.397 e. The van der Waals surface area contributed by atoms with Gasteiger partial charge in [0.05, 0.1) is 17.7 Å². The average molecular weight is 450 g/mol. The lowest BCUT2D eigenvalue weighted by Crippen LogP contribution is -2.13. The van der Waals surface area contributed by atoms with Gasteiger partial charge in [-0.2, -0.15) is 9.97 Å². The van der Waals surface area contributed by atoms with Crippen molar-refractivity contribution in [2.75, 3.05) is 16.4 Å². The van der Waals surface area contributed by atoms with Crippen LogP contribution < -0.4 is 16.4 Å². The Hall–Kier alpha value is -3.65. The molecule has 8 nitrogen and oxygen atoms in total. The second kappa shape index (κ2) is 9.65. The molecule has 32 heavy (non-hydrogen) atoms. The average Bonchev–Trinajstić information content (AvgIpc) is 3.20. The van der Waals surface area contributed by atoms with Crippen LogP contribution in [-0.4, -0.2) is 25.4 Å². The summed E-state index contributed by atoms with van der Waals surface area (Å²) >= 11 is 6.15. The molecule has 9 heteroatoms. The number of aromatic nitrogens is 4. The highest BCUT2D eigenvalue weighted by atomic mass is 35.5. The molecule has 0 saturated heterocycles. The second-order valence-electron chi connectivity index (χ2n) is 7.40. The van der Waals surface area contributed by atoms with Crippen molar-refractivity contribution in [1.82, 2.24) is 19.5 Å². The Labute approximate surface area is 190 Å². The maximum atomic E-state index is 12.5. The van der Waals surface area contributed by atoms with Crippen LogP contribution in [0.5, 0.6) is 0 Å². The Kier molecular flexibility index (Phi) is 6.51. The van der Waals surface area contributed by atoms with E-state index in [1.54, 1.807) is 30.6 Å². The Morgan fingerprint density at radius 2 is 1.91 bits per heavy atom. The summed E-state index contributed by atoms with van der Waals surface area (Å²) in [5.41, 5.74) is 9.92. The zero-order valence-corrected chi connectivity index (χ0v) is 18.4. The van der Waals surface area contributed by atoms with Gasteiger partial charge in [-0.05, 0) is 47.9 Å². The Morgan fingerprint density at radius 3 is 2.66 bits per heavy atom. The molecule has 0 fully saturated rings. The molecule has 4 rings (SSSR count). The van der Waals surface area contributed by atoms with Gasteiger partial charge in [-0.15, -0.1) is 0 Å².